The number of hydrogen-bond acceptors (Lipinski definition) is 5. The van der Waals surface area contributed by atoms with E-state index in [4.69, 9.17) is 4.42 Å². The molecule has 2 heterocycles. The summed E-state index contributed by atoms with van der Waals surface area (Å²) in [4.78, 5) is 4.31. The number of pyridine rings is 1. The van der Waals surface area contributed by atoms with Crippen LogP contribution < -0.4 is 5.32 Å². The maximum Gasteiger partial charge on any atom is 0.248 e. The molecule has 3 rings (SSSR count). The highest BCUT2D eigenvalue weighted by molar-refractivity contribution is 5.92. The number of nitrogens with one attached hydrogen (secondary N) is 1. The van der Waals surface area contributed by atoms with Gasteiger partial charge >= 0.3 is 0 Å². The van der Waals surface area contributed by atoms with Gasteiger partial charge in [0.15, 0.2) is 0 Å². The number of nitrogens with zero attached hydrogens (tertiary/aromatic N) is 3. The highest BCUT2D eigenvalue weighted by Gasteiger charge is 2.11. The first kappa shape index (κ1) is 10.9. The van der Waals surface area contributed by atoms with Gasteiger partial charge in [0, 0.05) is 17.1 Å². The van der Waals surface area contributed by atoms with Crippen molar-refractivity contribution in [1.82, 2.24) is 20.5 Å². The minimum absolute atomic E-state index is 0.527. The van der Waals surface area contributed by atoms with Crippen LogP contribution in [0.5, 0.6) is 0 Å². The van der Waals surface area contributed by atoms with Crippen LogP contribution in [0.15, 0.2) is 40.9 Å². The van der Waals surface area contributed by atoms with Crippen LogP contribution in [0.4, 0.5) is 0 Å². The van der Waals surface area contributed by atoms with E-state index in [1.165, 1.54) is 0 Å². The van der Waals surface area contributed by atoms with Crippen LogP contribution in [0.1, 0.15) is 5.89 Å². The zero-order valence-corrected chi connectivity index (χ0v) is 9.92. The summed E-state index contributed by atoms with van der Waals surface area (Å²) in [5, 5.41) is 12.1. The quantitative estimate of drug-likeness (QED) is 0.758. The molecule has 5 nitrogen and oxygen atoms in total. The van der Waals surface area contributed by atoms with E-state index >= 15 is 0 Å². The predicted octanol–water partition coefficient (Wildman–Crippen LogP) is 2.00. The molecule has 0 spiro atoms. The van der Waals surface area contributed by atoms with E-state index in [-0.39, 0.29) is 0 Å². The molecule has 18 heavy (non-hydrogen) atoms. The second-order valence-electron chi connectivity index (χ2n) is 3.91. The fraction of sp³-hybridized carbons (Fsp3) is 0.154. The first-order valence-corrected chi connectivity index (χ1v) is 5.69. The molecule has 1 N–H and O–H groups in total. The number of rotatable bonds is 3. The average Bonchev–Trinajstić information content (AvgIpc) is 2.87. The van der Waals surface area contributed by atoms with Gasteiger partial charge in [0.05, 0.1) is 12.1 Å². The van der Waals surface area contributed by atoms with Crippen LogP contribution in [0.3, 0.4) is 0 Å². The van der Waals surface area contributed by atoms with E-state index in [2.05, 4.69) is 20.5 Å². The lowest BCUT2D eigenvalue weighted by Crippen LogP contribution is -2.04. The lowest BCUT2D eigenvalue weighted by atomic mass is 10.1. The molecule has 90 valence electrons. The Kier molecular flexibility index (Phi) is 2.74. The van der Waals surface area contributed by atoms with Crippen molar-refractivity contribution in [2.75, 3.05) is 7.05 Å². The molecule has 0 saturated heterocycles. The molecule has 0 atom stereocenters. The van der Waals surface area contributed by atoms with Crippen molar-refractivity contribution in [3.05, 3.63) is 42.4 Å². The molecular formula is C13H12N4O. The second-order valence-corrected chi connectivity index (χ2v) is 3.91. The van der Waals surface area contributed by atoms with Gasteiger partial charge in [0.2, 0.25) is 11.8 Å². The van der Waals surface area contributed by atoms with Crippen molar-refractivity contribution < 1.29 is 4.42 Å². The third-order valence-corrected chi connectivity index (χ3v) is 2.67. The van der Waals surface area contributed by atoms with Gasteiger partial charge in [-0.15, -0.1) is 10.2 Å². The largest absolute Gasteiger partial charge is 0.419 e. The smallest absolute Gasteiger partial charge is 0.248 e. The average molecular weight is 240 g/mol. The first-order valence-electron chi connectivity index (χ1n) is 5.69. The summed E-state index contributed by atoms with van der Waals surface area (Å²) in [6.45, 7) is 0.565. The van der Waals surface area contributed by atoms with Crippen molar-refractivity contribution in [1.29, 1.82) is 0 Å². The molecule has 1 aromatic carbocycles. The molecule has 0 radical (unpaired) electrons. The third-order valence-electron chi connectivity index (χ3n) is 2.67. The number of hydrogen-bond donors (Lipinski definition) is 1. The van der Waals surface area contributed by atoms with Crippen LogP contribution in [-0.4, -0.2) is 22.2 Å². The lowest BCUT2D eigenvalue weighted by molar-refractivity contribution is 0.491. The summed E-state index contributed by atoms with van der Waals surface area (Å²) in [5.41, 5.74) is 1.83. The van der Waals surface area contributed by atoms with Gasteiger partial charge < -0.3 is 9.73 Å². The highest BCUT2D eigenvalue weighted by Crippen LogP contribution is 2.26. The first-order chi connectivity index (χ1) is 8.88. The molecular weight excluding hydrogens is 228 g/mol. The van der Waals surface area contributed by atoms with Gasteiger partial charge in [0.25, 0.3) is 0 Å². The summed E-state index contributed by atoms with van der Waals surface area (Å²) >= 11 is 0. The highest BCUT2D eigenvalue weighted by atomic mass is 16.4. The fourth-order valence-corrected chi connectivity index (χ4v) is 1.87. The van der Waals surface area contributed by atoms with Gasteiger partial charge in [-0.1, -0.05) is 12.1 Å². The van der Waals surface area contributed by atoms with E-state index in [1.807, 2.05) is 37.4 Å². The van der Waals surface area contributed by atoms with E-state index in [1.54, 1.807) is 6.20 Å². The summed E-state index contributed by atoms with van der Waals surface area (Å²) in [6.07, 6.45) is 1.77. The molecule has 2 aromatic heterocycles. The van der Waals surface area contributed by atoms with Crippen molar-refractivity contribution in [2.45, 2.75) is 6.54 Å². The van der Waals surface area contributed by atoms with Gasteiger partial charge in [0.1, 0.15) is 0 Å². The maximum absolute atomic E-state index is 5.61. The monoisotopic (exact) mass is 240 g/mol. The summed E-state index contributed by atoms with van der Waals surface area (Å²) in [7, 11) is 1.84. The topological polar surface area (TPSA) is 63.8 Å². The molecule has 0 saturated carbocycles. The SMILES string of the molecule is CNCc1nnc(-c2cccc3ncccc23)o1. The van der Waals surface area contributed by atoms with Crippen LogP contribution >= 0.6 is 0 Å². The molecule has 5 heteroatoms. The van der Waals surface area contributed by atoms with Gasteiger partial charge in [-0.25, -0.2) is 0 Å². The van der Waals surface area contributed by atoms with Crippen molar-refractivity contribution >= 4 is 10.9 Å². The van der Waals surface area contributed by atoms with E-state index in [9.17, 15) is 0 Å². The van der Waals surface area contributed by atoms with E-state index in [0.29, 0.717) is 18.3 Å². The Morgan fingerprint density at radius 2 is 2.11 bits per heavy atom. The summed E-state index contributed by atoms with van der Waals surface area (Å²) in [6, 6.07) is 9.76. The third kappa shape index (κ3) is 1.84. The Balaban J connectivity index is 2.12. The molecule has 0 aliphatic rings. The Morgan fingerprint density at radius 1 is 1.17 bits per heavy atom. The Labute approximate surface area is 104 Å². The number of aromatic nitrogens is 3. The molecule has 0 aliphatic heterocycles. The van der Waals surface area contributed by atoms with Crippen molar-refractivity contribution in [2.24, 2.45) is 0 Å². The van der Waals surface area contributed by atoms with Gasteiger partial charge in [-0.2, -0.15) is 0 Å². The summed E-state index contributed by atoms with van der Waals surface area (Å²) < 4.78 is 5.61. The molecule has 0 amide bonds. The van der Waals surface area contributed by atoms with E-state index < -0.39 is 0 Å². The Hall–Kier alpha value is -2.27. The molecule has 3 aromatic rings. The normalized spacial score (nSPS) is 10.9. The van der Waals surface area contributed by atoms with Crippen LogP contribution in [-0.2, 0) is 6.54 Å². The standard InChI is InChI=1S/C13H12N4O/c1-14-8-12-16-17-13(18-12)10-4-2-6-11-9(10)5-3-7-15-11/h2-7,14H,8H2,1H3. The second kappa shape index (κ2) is 4.54. The molecule has 0 unspecified atom stereocenters. The number of benzene rings is 1. The zero-order valence-electron chi connectivity index (χ0n) is 9.92. The zero-order chi connectivity index (χ0) is 12.4. The van der Waals surface area contributed by atoms with E-state index in [0.717, 1.165) is 16.5 Å². The minimum atomic E-state index is 0.527. The lowest BCUT2D eigenvalue weighted by Gasteiger charge is -2.00. The Bertz CT molecular complexity index is 672. The van der Waals surface area contributed by atoms with Crippen molar-refractivity contribution in [3.63, 3.8) is 0 Å². The Morgan fingerprint density at radius 3 is 3.00 bits per heavy atom. The minimum Gasteiger partial charge on any atom is -0.419 e. The van der Waals surface area contributed by atoms with Crippen molar-refractivity contribution in [3.8, 4) is 11.5 Å². The predicted molar refractivity (Wildman–Crippen MR) is 67.8 cm³/mol. The maximum atomic E-state index is 5.61. The van der Waals surface area contributed by atoms with Crippen LogP contribution in [0.2, 0.25) is 0 Å². The van der Waals surface area contributed by atoms with Gasteiger partial charge in [-0.3, -0.25) is 4.98 Å². The molecule has 0 bridgehead atoms. The summed E-state index contributed by atoms with van der Waals surface area (Å²) in [5.74, 6) is 1.10. The number of fused-ring (bicyclic) bond motifs is 1. The fourth-order valence-electron chi connectivity index (χ4n) is 1.87. The van der Waals surface area contributed by atoms with Gasteiger partial charge in [-0.05, 0) is 25.2 Å². The molecule has 0 aliphatic carbocycles. The van der Waals surface area contributed by atoms with Crippen LogP contribution in [0.25, 0.3) is 22.4 Å². The molecule has 0 fully saturated rings. The van der Waals surface area contributed by atoms with Crippen LogP contribution in [0, 0.1) is 0 Å².